The quantitative estimate of drug-likeness (QED) is 0.841. The van der Waals surface area contributed by atoms with Gasteiger partial charge in [0.2, 0.25) is 0 Å². The SMILES string of the molecule is COC(C(=O)Cc1ccncc1Cl)c1ccccc1. The van der Waals surface area contributed by atoms with Gasteiger partial charge >= 0.3 is 0 Å². The molecule has 0 fully saturated rings. The molecule has 0 N–H and O–H groups in total. The van der Waals surface area contributed by atoms with Gasteiger partial charge in [-0.05, 0) is 17.2 Å². The number of nitrogens with zero attached hydrogens (tertiary/aromatic N) is 1. The van der Waals surface area contributed by atoms with Gasteiger partial charge in [-0.25, -0.2) is 0 Å². The van der Waals surface area contributed by atoms with Gasteiger partial charge in [-0.3, -0.25) is 9.78 Å². The lowest BCUT2D eigenvalue weighted by molar-refractivity contribution is -0.128. The molecule has 0 radical (unpaired) electrons. The van der Waals surface area contributed by atoms with E-state index in [-0.39, 0.29) is 12.2 Å². The van der Waals surface area contributed by atoms with Crippen LogP contribution in [0.15, 0.2) is 48.8 Å². The molecule has 0 aliphatic rings. The Balaban J connectivity index is 2.17. The molecule has 2 aromatic rings. The second-order valence-corrected chi connectivity index (χ2v) is 4.54. The fourth-order valence-corrected chi connectivity index (χ4v) is 2.10. The Kier molecular flexibility index (Phi) is 4.66. The second-order valence-electron chi connectivity index (χ2n) is 4.14. The van der Waals surface area contributed by atoms with Crippen LogP contribution in [-0.2, 0) is 16.0 Å². The highest BCUT2D eigenvalue weighted by Gasteiger charge is 2.20. The number of aromatic nitrogens is 1. The zero-order chi connectivity index (χ0) is 13.7. The minimum atomic E-state index is -0.564. The van der Waals surface area contributed by atoms with Crippen LogP contribution in [0.3, 0.4) is 0 Å². The lowest BCUT2D eigenvalue weighted by Gasteiger charge is -2.14. The summed E-state index contributed by atoms with van der Waals surface area (Å²) in [5.74, 6) is -0.0261. The third-order valence-electron chi connectivity index (χ3n) is 2.85. The highest BCUT2D eigenvalue weighted by atomic mass is 35.5. The first-order valence-electron chi connectivity index (χ1n) is 5.91. The minimum absolute atomic E-state index is 0.0261. The molecule has 1 heterocycles. The van der Waals surface area contributed by atoms with Crippen molar-refractivity contribution < 1.29 is 9.53 Å². The van der Waals surface area contributed by atoms with Gasteiger partial charge in [-0.2, -0.15) is 0 Å². The van der Waals surface area contributed by atoms with E-state index >= 15 is 0 Å². The Morgan fingerprint density at radius 1 is 1.32 bits per heavy atom. The van der Waals surface area contributed by atoms with Crippen molar-refractivity contribution in [2.75, 3.05) is 7.11 Å². The molecule has 0 amide bonds. The van der Waals surface area contributed by atoms with Gasteiger partial charge in [0.15, 0.2) is 5.78 Å². The normalized spacial score (nSPS) is 12.1. The molecule has 98 valence electrons. The molecular formula is C15H14ClNO2. The summed E-state index contributed by atoms with van der Waals surface area (Å²) in [7, 11) is 1.53. The predicted octanol–water partition coefficient (Wildman–Crippen LogP) is 3.23. The zero-order valence-corrected chi connectivity index (χ0v) is 11.3. The predicted molar refractivity (Wildman–Crippen MR) is 74.2 cm³/mol. The summed E-state index contributed by atoms with van der Waals surface area (Å²) in [6.07, 6.45) is 2.83. The van der Waals surface area contributed by atoms with Crippen LogP contribution < -0.4 is 0 Å². The molecule has 0 aliphatic carbocycles. The van der Waals surface area contributed by atoms with Gasteiger partial charge in [0, 0.05) is 25.9 Å². The molecule has 2 rings (SSSR count). The molecule has 4 heteroatoms. The van der Waals surface area contributed by atoms with Crippen LogP contribution in [0.25, 0.3) is 0 Å². The molecule has 0 bridgehead atoms. The number of halogens is 1. The van der Waals surface area contributed by atoms with Crippen LogP contribution in [0.4, 0.5) is 0 Å². The van der Waals surface area contributed by atoms with Gasteiger partial charge in [-0.15, -0.1) is 0 Å². The molecule has 3 nitrogen and oxygen atoms in total. The van der Waals surface area contributed by atoms with E-state index in [1.54, 1.807) is 12.3 Å². The van der Waals surface area contributed by atoms with E-state index in [0.29, 0.717) is 5.02 Å². The fraction of sp³-hybridized carbons (Fsp3) is 0.200. The lowest BCUT2D eigenvalue weighted by atomic mass is 10.0. The fourth-order valence-electron chi connectivity index (χ4n) is 1.91. The van der Waals surface area contributed by atoms with Crippen molar-refractivity contribution in [1.29, 1.82) is 0 Å². The average Bonchev–Trinajstić information content (AvgIpc) is 2.43. The van der Waals surface area contributed by atoms with Crippen molar-refractivity contribution >= 4 is 17.4 Å². The Hall–Kier alpha value is -1.71. The summed E-state index contributed by atoms with van der Waals surface area (Å²) in [4.78, 5) is 16.2. The summed E-state index contributed by atoms with van der Waals surface area (Å²) in [6.45, 7) is 0. The Morgan fingerprint density at radius 3 is 2.68 bits per heavy atom. The third-order valence-corrected chi connectivity index (χ3v) is 3.19. The van der Waals surface area contributed by atoms with Crippen molar-refractivity contribution in [3.05, 3.63) is 64.9 Å². The number of carbonyl (C=O) groups excluding carboxylic acids is 1. The molecule has 0 saturated carbocycles. The van der Waals surface area contributed by atoms with E-state index in [1.165, 1.54) is 13.3 Å². The van der Waals surface area contributed by atoms with Crippen molar-refractivity contribution in [3.8, 4) is 0 Å². The summed E-state index contributed by atoms with van der Waals surface area (Å²) in [5, 5.41) is 0.499. The lowest BCUT2D eigenvalue weighted by Crippen LogP contribution is -2.17. The van der Waals surface area contributed by atoms with Gasteiger partial charge in [0.1, 0.15) is 6.10 Å². The summed E-state index contributed by atoms with van der Waals surface area (Å²) in [6, 6.07) is 11.2. The van der Waals surface area contributed by atoms with Gasteiger partial charge in [0.25, 0.3) is 0 Å². The number of hydrogen-bond donors (Lipinski definition) is 0. The largest absolute Gasteiger partial charge is 0.369 e. The number of benzene rings is 1. The van der Waals surface area contributed by atoms with E-state index in [2.05, 4.69) is 4.98 Å². The minimum Gasteiger partial charge on any atom is -0.369 e. The smallest absolute Gasteiger partial charge is 0.170 e. The Morgan fingerprint density at radius 2 is 2.05 bits per heavy atom. The van der Waals surface area contributed by atoms with Crippen LogP contribution in [-0.4, -0.2) is 17.9 Å². The number of pyridine rings is 1. The highest BCUT2D eigenvalue weighted by Crippen LogP contribution is 2.22. The number of rotatable bonds is 5. The maximum atomic E-state index is 12.3. The molecule has 1 unspecified atom stereocenters. The van der Waals surface area contributed by atoms with E-state index < -0.39 is 6.10 Å². The monoisotopic (exact) mass is 275 g/mol. The van der Waals surface area contributed by atoms with Crippen LogP contribution in [0.1, 0.15) is 17.2 Å². The summed E-state index contributed by atoms with van der Waals surface area (Å²) in [5.41, 5.74) is 1.61. The number of Topliss-reactive ketones (excluding diaryl/α,β-unsaturated/α-hetero) is 1. The van der Waals surface area contributed by atoms with Crippen LogP contribution in [0.5, 0.6) is 0 Å². The molecule has 1 atom stereocenters. The Labute approximate surface area is 117 Å². The Bertz CT molecular complexity index is 557. The van der Waals surface area contributed by atoms with Crippen LogP contribution in [0.2, 0.25) is 5.02 Å². The summed E-state index contributed by atoms with van der Waals surface area (Å²) >= 11 is 6.01. The average molecular weight is 276 g/mol. The molecule has 1 aromatic heterocycles. The highest BCUT2D eigenvalue weighted by molar-refractivity contribution is 6.31. The first kappa shape index (κ1) is 13.7. The third kappa shape index (κ3) is 3.40. The number of methoxy groups -OCH3 is 1. The number of hydrogen-bond acceptors (Lipinski definition) is 3. The van der Waals surface area contributed by atoms with Crippen molar-refractivity contribution in [3.63, 3.8) is 0 Å². The molecule has 0 aliphatic heterocycles. The van der Waals surface area contributed by atoms with Gasteiger partial charge in [0.05, 0.1) is 5.02 Å². The van der Waals surface area contributed by atoms with Crippen LogP contribution in [0, 0.1) is 0 Å². The van der Waals surface area contributed by atoms with E-state index in [9.17, 15) is 4.79 Å². The molecule has 19 heavy (non-hydrogen) atoms. The van der Waals surface area contributed by atoms with E-state index in [1.807, 2.05) is 30.3 Å². The topological polar surface area (TPSA) is 39.2 Å². The van der Waals surface area contributed by atoms with Crippen molar-refractivity contribution in [2.24, 2.45) is 0 Å². The van der Waals surface area contributed by atoms with E-state index in [4.69, 9.17) is 16.3 Å². The summed E-state index contributed by atoms with van der Waals surface area (Å²) < 4.78 is 5.30. The second kappa shape index (κ2) is 6.45. The van der Waals surface area contributed by atoms with E-state index in [0.717, 1.165) is 11.1 Å². The van der Waals surface area contributed by atoms with Gasteiger partial charge in [-0.1, -0.05) is 41.9 Å². The number of ether oxygens (including phenoxy) is 1. The number of carbonyl (C=O) groups is 1. The molecule has 1 aromatic carbocycles. The van der Waals surface area contributed by atoms with Crippen LogP contribution >= 0.6 is 11.6 Å². The molecule has 0 spiro atoms. The maximum Gasteiger partial charge on any atom is 0.170 e. The van der Waals surface area contributed by atoms with Gasteiger partial charge < -0.3 is 4.74 Å². The number of ketones is 1. The molecule has 0 saturated heterocycles. The first-order valence-corrected chi connectivity index (χ1v) is 6.29. The maximum absolute atomic E-state index is 12.3. The molecular weight excluding hydrogens is 262 g/mol. The first-order chi connectivity index (χ1) is 9.22. The van der Waals surface area contributed by atoms with Crippen molar-refractivity contribution in [1.82, 2.24) is 4.98 Å². The van der Waals surface area contributed by atoms with Crippen molar-refractivity contribution in [2.45, 2.75) is 12.5 Å². The standard InChI is InChI=1S/C15H14ClNO2/c1-19-15(11-5-3-2-4-6-11)14(18)9-12-7-8-17-10-13(12)16/h2-8,10,15H,9H2,1H3. The zero-order valence-electron chi connectivity index (χ0n) is 10.5.